The van der Waals surface area contributed by atoms with E-state index in [9.17, 15) is 13.2 Å². The molecule has 0 fully saturated rings. The lowest BCUT2D eigenvalue weighted by atomic mass is 10.1. The van der Waals surface area contributed by atoms with Gasteiger partial charge >= 0.3 is 6.18 Å². The van der Waals surface area contributed by atoms with Crippen molar-refractivity contribution in [2.75, 3.05) is 0 Å². The van der Waals surface area contributed by atoms with Gasteiger partial charge in [0.15, 0.2) is 0 Å². The Labute approximate surface area is 113 Å². The Balaban J connectivity index is 2.26. The minimum absolute atomic E-state index is 0.212. The topological polar surface area (TPSA) is 25.8 Å². The zero-order chi connectivity index (χ0) is 14.0. The summed E-state index contributed by atoms with van der Waals surface area (Å²) in [6.07, 6.45) is -2.58. The van der Waals surface area contributed by atoms with Crippen LogP contribution in [0, 0.1) is 6.92 Å². The third-order valence-corrected chi connectivity index (χ3v) is 2.96. The first-order valence-electron chi connectivity index (χ1n) is 5.50. The third-order valence-electron chi connectivity index (χ3n) is 2.58. The molecule has 2 nitrogen and oxygen atoms in total. The zero-order valence-corrected chi connectivity index (χ0v) is 10.8. The first-order chi connectivity index (χ1) is 8.86. The van der Waals surface area contributed by atoms with Crippen LogP contribution in [0.15, 0.2) is 30.5 Å². The molecule has 100 valence electrons. The maximum atomic E-state index is 12.6. The van der Waals surface area contributed by atoms with Crippen LogP contribution in [0.2, 0.25) is 5.15 Å². The summed E-state index contributed by atoms with van der Waals surface area (Å²) in [5.41, 5.74) is 0.549. The molecule has 0 saturated carbocycles. The van der Waals surface area contributed by atoms with E-state index in [1.165, 1.54) is 6.07 Å². The molecular formula is C13H10ClF3N2. The molecule has 1 heterocycles. The van der Waals surface area contributed by atoms with E-state index in [1.807, 2.05) is 0 Å². The van der Waals surface area contributed by atoms with Crippen molar-refractivity contribution in [2.24, 2.45) is 0 Å². The molecule has 2 rings (SSSR count). The fraction of sp³-hybridized carbons (Fsp3) is 0.231. The van der Waals surface area contributed by atoms with E-state index in [0.29, 0.717) is 16.5 Å². The molecule has 0 bridgehead atoms. The van der Waals surface area contributed by atoms with E-state index in [4.69, 9.17) is 11.6 Å². The number of aromatic nitrogens is 2. The first-order valence-corrected chi connectivity index (χ1v) is 5.88. The zero-order valence-electron chi connectivity index (χ0n) is 10.0. The normalized spacial score (nSPS) is 11.6. The quantitative estimate of drug-likeness (QED) is 0.779. The standard InChI is InChI=1S/C13H10ClF3N2/c1-8-7-18-11(19-12(8)14)6-9-3-2-4-10(5-9)13(15,16)17/h2-5,7H,6H2,1H3. The highest BCUT2D eigenvalue weighted by Crippen LogP contribution is 2.29. The van der Waals surface area contributed by atoms with Gasteiger partial charge in [0, 0.05) is 18.2 Å². The molecule has 0 amide bonds. The predicted molar refractivity (Wildman–Crippen MR) is 66.0 cm³/mol. The molecule has 0 radical (unpaired) electrons. The fourth-order valence-electron chi connectivity index (χ4n) is 1.58. The van der Waals surface area contributed by atoms with Crippen LogP contribution < -0.4 is 0 Å². The second kappa shape index (κ2) is 5.17. The lowest BCUT2D eigenvalue weighted by Gasteiger charge is -2.08. The van der Waals surface area contributed by atoms with Crippen LogP contribution in [0.25, 0.3) is 0 Å². The third kappa shape index (κ3) is 3.44. The van der Waals surface area contributed by atoms with Gasteiger partial charge in [-0.3, -0.25) is 0 Å². The van der Waals surface area contributed by atoms with Crippen molar-refractivity contribution >= 4 is 11.6 Å². The van der Waals surface area contributed by atoms with E-state index in [1.54, 1.807) is 19.2 Å². The number of aryl methyl sites for hydroxylation is 1. The summed E-state index contributed by atoms with van der Waals surface area (Å²) in [7, 11) is 0. The molecule has 0 saturated heterocycles. The monoisotopic (exact) mass is 286 g/mol. The number of nitrogens with zero attached hydrogens (tertiary/aromatic N) is 2. The van der Waals surface area contributed by atoms with Crippen molar-refractivity contribution in [3.8, 4) is 0 Å². The van der Waals surface area contributed by atoms with Crippen molar-refractivity contribution in [1.29, 1.82) is 0 Å². The molecule has 0 atom stereocenters. The van der Waals surface area contributed by atoms with Crippen molar-refractivity contribution in [1.82, 2.24) is 9.97 Å². The minimum Gasteiger partial charge on any atom is -0.241 e. The van der Waals surface area contributed by atoms with Gasteiger partial charge in [0.05, 0.1) is 5.56 Å². The Morgan fingerprint density at radius 1 is 1.26 bits per heavy atom. The summed E-state index contributed by atoms with van der Waals surface area (Å²) in [6.45, 7) is 1.76. The second-order valence-electron chi connectivity index (χ2n) is 4.13. The van der Waals surface area contributed by atoms with Gasteiger partial charge in [0.25, 0.3) is 0 Å². The number of hydrogen-bond acceptors (Lipinski definition) is 2. The van der Waals surface area contributed by atoms with E-state index in [-0.39, 0.29) is 6.42 Å². The highest BCUT2D eigenvalue weighted by atomic mass is 35.5. The Kier molecular flexibility index (Phi) is 3.75. The minimum atomic E-state index is -4.35. The van der Waals surface area contributed by atoms with Crippen LogP contribution in [-0.2, 0) is 12.6 Å². The molecule has 19 heavy (non-hydrogen) atoms. The fourth-order valence-corrected chi connectivity index (χ4v) is 1.73. The number of benzene rings is 1. The van der Waals surface area contributed by atoms with Crippen LogP contribution in [-0.4, -0.2) is 9.97 Å². The summed E-state index contributed by atoms with van der Waals surface area (Å²) in [5, 5.41) is 0.317. The van der Waals surface area contributed by atoms with E-state index < -0.39 is 11.7 Å². The molecule has 0 aliphatic carbocycles. The molecular weight excluding hydrogens is 277 g/mol. The average molecular weight is 287 g/mol. The van der Waals surface area contributed by atoms with Gasteiger partial charge in [-0.1, -0.05) is 29.8 Å². The summed E-state index contributed by atoms with van der Waals surface area (Å²) < 4.78 is 37.7. The molecule has 0 N–H and O–H groups in total. The highest BCUT2D eigenvalue weighted by molar-refractivity contribution is 6.30. The molecule has 6 heteroatoms. The molecule has 2 aromatic rings. The molecule has 0 aliphatic rings. The predicted octanol–water partition coefficient (Wildman–Crippen LogP) is 4.05. The Morgan fingerprint density at radius 3 is 2.63 bits per heavy atom. The first kappa shape index (κ1) is 13.8. The van der Waals surface area contributed by atoms with Gasteiger partial charge in [-0.2, -0.15) is 13.2 Å². The Bertz CT molecular complexity index is 597. The number of halogens is 4. The lowest BCUT2D eigenvalue weighted by Crippen LogP contribution is -2.06. The van der Waals surface area contributed by atoms with Gasteiger partial charge in [0.2, 0.25) is 0 Å². The molecule has 0 spiro atoms. The molecule has 1 aromatic carbocycles. The summed E-state index contributed by atoms with van der Waals surface area (Å²) in [4.78, 5) is 8.08. The Hall–Kier alpha value is -1.62. The molecule has 0 aliphatic heterocycles. The highest BCUT2D eigenvalue weighted by Gasteiger charge is 2.30. The van der Waals surface area contributed by atoms with E-state index in [2.05, 4.69) is 9.97 Å². The van der Waals surface area contributed by atoms with Crippen LogP contribution in [0.1, 0.15) is 22.5 Å². The van der Waals surface area contributed by atoms with Crippen molar-refractivity contribution in [3.63, 3.8) is 0 Å². The van der Waals surface area contributed by atoms with E-state index in [0.717, 1.165) is 17.7 Å². The smallest absolute Gasteiger partial charge is 0.241 e. The second-order valence-corrected chi connectivity index (χ2v) is 4.49. The van der Waals surface area contributed by atoms with Gasteiger partial charge in [-0.15, -0.1) is 0 Å². The summed E-state index contributed by atoms with van der Waals surface area (Å²) >= 11 is 5.85. The molecule has 1 aromatic heterocycles. The van der Waals surface area contributed by atoms with Gasteiger partial charge in [0.1, 0.15) is 11.0 Å². The van der Waals surface area contributed by atoms with Crippen molar-refractivity contribution in [2.45, 2.75) is 19.5 Å². The summed E-state index contributed by atoms with van der Waals surface area (Å²) in [6, 6.07) is 5.10. The van der Waals surface area contributed by atoms with Crippen LogP contribution in [0.5, 0.6) is 0 Å². The average Bonchev–Trinajstić information content (AvgIpc) is 2.33. The number of hydrogen-bond donors (Lipinski definition) is 0. The van der Waals surface area contributed by atoms with E-state index >= 15 is 0 Å². The molecule has 0 unspecified atom stereocenters. The Morgan fingerprint density at radius 2 is 2.00 bits per heavy atom. The largest absolute Gasteiger partial charge is 0.416 e. The van der Waals surface area contributed by atoms with Crippen molar-refractivity contribution < 1.29 is 13.2 Å². The number of alkyl halides is 3. The lowest BCUT2D eigenvalue weighted by molar-refractivity contribution is -0.137. The van der Waals surface area contributed by atoms with Gasteiger partial charge in [-0.25, -0.2) is 9.97 Å². The maximum absolute atomic E-state index is 12.6. The van der Waals surface area contributed by atoms with Gasteiger partial charge in [-0.05, 0) is 18.6 Å². The van der Waals surface area contributed by atoms with Gasteiger partial charge < -0.3 is 0 Å². The number of rotatable bonds is 2. The summed E-state index contributed by atoms with van der Waals surface area (Å²) in [5.74, 6) is 0.398. The maximum Gasteiger partial charge on any atom is 0.416 e. The van der Waals surface area contributed by atoms with Crippen molar-refractivity contribution in [3.05, 3.63) is 58.1 Å². The SMILES string of the molecule is Cc1cnc(Cc2cccc(C(F)(F)F)c2)nc1Cl. The van der Waals surface area contributed by atoms with Crippen LogP contribution >= 0.6 is 11.6 Å². The van der Waals surface area contributed by atoms with Crippen LogP contribution in [0.4, 0.5) is 13.2 Å². The van der Waals surface area contributed by atoms with Crippen LogP contribution in [0.3, 0.4) is 0 Å².